The highest BCUT2D eigenvalue weighted by molar-refractivity contribution is 9.09. The number of Topliss-reactive ketones (excluding diaryl/α,β-unsaturated/α-hetero) is 1. The first-order valence-corrected chi connectivity index (χ1v) is 6.55. The highest BCUT2D eigenvalue weighted by Gasteiger charge is 2.15. The number of ether oxygens (including phenoxy) is 2. The molecule has 94 valence electrons. The fourth-order valence-electron chi connectivity index (χ4n) is 1.47. The zero-order valence-electron chi connectivity index (χ0n) is 10.3. The summed E-state index contributed by atoms with van der Waals surface area (Å²) in [5.41, 5.74) is 0.854. The highest BCUT2D eigenvalue weighted by Crippen LogP contribution is 2.31. The maximum absolute atomic E-state index is 11.4. The van der Waals surface area contributed by atoms with Gasteiger partial charge in [0.05, 0.1) is 18.0 Å². The summed E-state index contributed by atoms with van der Waals surface area (Å²) in [5, 5.41) is 0. The van der Waals surface area contributed by atoms with Crippen LogP contribution in [-0.4, -0.2) is 19.0 Å². The first-order valence-electron chi connectivity index (χ1n) is 5.63. The van der Waals surface area contributed by atoms with E-state index in [1.54, 1.807) is 6.92 Å². The number of halogens is 1. The van der Waals surface area contributed by atoms with E-state index in [1.165, 1.54) is 0 Å². The molecule has 1 rings (SSSR count). The van der Waals surface area contributed by atoms with Crippen LogP contribution in [0.2, 0.25) is 0 Å². The lowest BCUT2D eigenvalue weighted by Crippen LogP contribution is -2.03. The van der Waals surface area contributed by atoms with Gasteiger partial charge in [-0.3, -0.25) is 4.79 Å². The van der Waals surface area contributed by atoms with Gasteiger partial charge < -0.3 is 9.47 Å². The molecule has 0 fully saturated rings. The molecule has 0 saturated heterocycles. The molecule has 3 nitrogen and oxygen atoms in total. The lowest BCUT2D eigenvalue weighted by molar-refractivity contribution is -0.116. The number of carbonyl (C=O) groups excluding carboxylic acids is 1. The molecule has 0 aliphatic heterocycles. The van der Waals surface area contributed by atoms with E-state index in [0.29, 0.717) is 13.2 Å². The van der Waals surface area contributed by atoms with Gasteiger partial charge in [-0.25, -0.2) is 0 Å². The number of rotatable bonds is 6. The van der Waals surface area contributed by atoms with Gasteiger partial charge in [-0.15, -0.1) is 0 Å². The van der Waals surface area contributed by atoms with Gasteiger partial charge >= 0.3 is 0 Å². The van der Waals surface area contributed by atoms with Crippen LogP contribution in [0.4, 0.5) is 0 Å². The molecule has 0 bridgehead atoms. The smallest absolute Gasteiger partial charge is 0.147 e. The van der Waals surface area contributed by atoms with Gasteiger partial charge in [-0.05, 0) is 38.5 Å². The second-order valence-electron chi connectivity index (χ2n) is 3.58. The summed E-state index contributed by atoms with van der Waals surface area (Å²) in [6.07, 6.45) is 0. The Morgan fingerprint density at radius 3 is 2.00 bits per heavy atom. The Kier molecular flexibility index (Phi) is 5.48. The molecular formula is C13H17BrO3. The minimum absolute atomic E-state index is 0.0566. The Labute approximate surface area is 110 Å². The Morgan fingerprint density at radius 2 is 1.65 bits per heavy atom. The van der Waals surface area contributed by atoms with Crippen LogP contribution in [0.15, 0.2) is 18.2 Å². The Balaban J connectivity index is 3.06. The third kappa shape index (κ3) is 4.04. The van der Waals surface area contributed by atoms with E-state index in [2.05, 4.69) is 15.9 Å². The van der Waals surface area contributed by atoms with Crippen molar-refractivity contribution in [2.75, 3.05) is 13.2 Å². The van der Waals surface area contributed by atoms with E-state index < -0.39 is 0 Å². The largest absolute Gasteiger partial charge is 0.494 e. The van der Waals surface area contributed by atoms with Crippen LogP contribution in [-0.2, 0) is 4.79 Å². The maximum Gasteiger partial charge on any atom is 0.147 e. The zero-order valence-corrected chi connectivity index (χ0v) is 11.9. The van der Waals surface area contributed by atoms with Crippen LogP contribution in [0.1, 0.15) is 31.2 Å². The van der Waals surface area contributed by atoms with Crippen molar-refractivity contribution in [3.05, 3.63) is 23.8 Å². The van der Waals surface area contributed by atoms with Crippen molar-refractivity contribution in [3.8, 4) is 11.5 Å². The summed E-state index contributed by atoms with van der Waals surface area (Å²) in [4.78, 5) is 11.0. The molecule has 0 heterocycles. The summed E-state index contributed by atoms with van der Waals surface area (Å²) in [6.45, 7) is 6.56. The predicted molar refractivity (Wildman–Crippen MR) is 71.1 cm³/mol. The van der Waals surface area contributed by atoms with Gasteiger partial charge in [0.15, 0.2) is 0 Å². The van der Waals surface area contributed by atoms with Gasteiger partial charge in [0.25, 0.3) is 0 Å². The molecule has 0 amide bonds. The van der Waals surface area contributed by atoms with Crippen LogP contribution < -0.4 is 9.47 Å². The fraction of sp³-hybridized carbons (Fsp3) is 0.462. The van der Waals surface area contributed by atoms with Gasteiger partial charge in [-0.2, -0.15) is 0 Å². The number of hydrogen-bond acceptors (Lipinski definition) is 3. The first kappa shape index (κ1) is 14.0. The minimum atomic E-state index is -0.317. The number of alkyl halides is 1. The topological polar surface area (TPSA) is 35.5 Å². The van der Waals surface area contributed by atoms with Crippen LogP contribution in [0.5, 0.6) is 11.5 Å². The lowest BCUT2D eigenvalue weighted by Gasteiger charge is -2.12. The van der Waals surface area contributed by atoms with E-state index in [9.17, 15) is 4.79 Å². The molecule has 0 radical (unpaired) electrons. The molecule has 4 heteroatoms. The number of hydrogen-bond donors (Lipinski definition) is 0. The quantitative estimate of drug-likeness (QED) is 0.754. The molecule has 1 atom stereocenters. The van der Waals surface area contributed by atoms with Crippen LogP contribution in [0.3, 0.4) is 0 Å². The van der Waals surface area contributed by atoms with Crippen molar-refractivity contribution in [2.45, 2.75) is 25.6 Å². The second-order valence-corrected chi connectivity index (χ2v) is 4.49. The molecule has 0 saturated carbocycles. The fourth-order valence-corrected chi connectivity index (χ4v) is 1.74. The number of ketones is 1. The normalized spacial score (nSPS) is 12.0. The molecule has 1 aromatic carbocycles. The van der Waals surface area contributed by atoms with Crippen molar-refractivity contribution >= 4 is 21.7 Å². The van der Waals surface area contributed by atoms with E-state index in [0.717, 1.165) is 17.1 Å². The molecule has 0 N–H and O–H groups in total. The molecule has 1 unspecified atom stereocenters. The monoisotopic (exact) mass is 300 g/mol. The third-order valence-electron chi connectivity index (χ3n) is 2.17. The summed E-state index contributed by atoms with van der Waals surface area (Å²) < 4.78 is 10.9. The summed E-state index contributed by atoms with van der Waals surface area (Å²) in [5.74, 6) is 1.50. The average molecular weight is 301 g/mol. The van der Waals surface area contributed by atoms with Crippen LogP contribution in [0, 0.1) is 0 Å². The van der Waals surface area contributed by atoms with E-state index in [4.69, 9.17) is 9.47 Å². The molecule has 0 aliphatic carbocycles. The summed E-state index contributed by atoms with van der Waals surface area (Å²) in [6, 6.07) is 5.54. The summed E-state index contributed by atoms with van der Waals surface area (Å²) >= 11 is 3.36. The van der Waals surface area contributed by atoms with Gasteiger partial charge in [0, 0.05) is 6.07 Å². The van der Waals surface area contributed by atoms with E-state index >= 15 is 0 Å². The lowest BCUT2D eigenvalue weighted by atomic mass is 10.1. The van der Waals surface area contributed by atoms with Crippen molar-refractivity contribution in [1.29, 1.82) is 0 Å². The maximum atomic E-state index is 11.4. The second kappa shape index (κ2) is 6.64. The van der Waals surface area contributed by atoms with E-state index in [1.807, 2.05) is 32.0 Å². The van der Waals surface area contributed by atoms with E-state index in [-0.39, 0.29) is 10.6 Å². The van der Waals surface area contributed by atoms with Crippen LogP contribution in [0.25, 0.3) is 0 Å². The van der Waals surface area contributed by atoms with Crippen LogP contribution >= 0.6 is 15.9 Å². The molecule has 1 aromatic rings. The molecular weight excluding hydrogens is 284 g/mol. The standard InChI is InChI=1S/C13H17BrO3/c1-4-16-11-6-10(13(14)9(3)15)7-12(8-11)17-5-2/h6-8,13H,4-5H2,1-3H3. The Morgan fingerprint density at radius 1 is 1.18 bits per heavy atom. The van der Waals surface area contributed by atoms with Gasteiger partial charge in [0.2, 0.25) is 0 Å². The molecule has 17 heavy (non-hydrogen) atoms. The highest BCUT2D eigenvalue weighted by atomic mass is 79.9. The predicted octanol–water partition coefficient (Wildman–Crippen LogP) is 3.51. The molecule has 0 spiro atoms. The molecule has 0 aromatic heterocycles. The number of benzene rings is 1. The summed E-state index contributed by atoms with van der Waals surface area (Å²) in [7, 11) is 0. The average Bonchev–Trinajstić information content (AvgIpc) is 2.28. The van der Waals surface area contributed by atoms with Crippen molar-refractivity contribution < 1.29 is 14.3 Å². The van der Waals surface area contributed by atoms with Crippen molar-refractivity contribution in [1.82, 2.24) is 0 Å². The minimum Gasteiger partial charge on any atom is -0.494 e. The van der Waals surface area contributed by atoms with Crippen molar-refractivity contribution in [3.63, 3.8) is 0 Å². The Hall–Kier alpha value is -1.03. The van der Waals surface area contributed by atoms with Crippen molar-refractivity contribution in [2.24, 2.45) is 0 Å². The zero-order chi connectivity index (χ0) is 12.8. The third-order valence-corrected chi connectivity index (χ3v) is 3.35. The number of carbonyl (C=O) groups is 1. The van der Waals surface area contributed by atoms with Gasteiger partial charge in [0.1, 0.15) is 17.3 Å². The SMILES string of the molecule is CCOc1cc(OCC)cc(C(Br)C(C)=O)c1. The Bertz CT molecular complexity index is 366. The van der Waals surface area contributed by atoms with Gasteiger partial charge in [-0.1, -0.05) is 15.9 Å². The molecule has 0 aliphatic rings. The first-order chi connectivity index (χ1) is 8.08.